The van der Waals surface area contributed by atoms with Crippen molar-refractivity contribution in [2.24, 2.45) is 0 Å². The van der Waals surface area contributed by atoms with E-state index in [1.165, 1.54) is 0 Å². The average Bonchev–Trinajstić information content (AvgIpc) is 2.83. The van der Waals surface area contributed by atoms with Gasteiger partial charge in [-0.1, -0.05) is 36.4 Å². The van der Waals surface area contributed by atoms with Gasteiger partial charge < -0.3 is 14.4 Å². The molecule has 0 bridgehead atoms. The molecule has 0 unspecified atom stereocenters. The lowest BCUT2D eigenvalue weighted by Crippen LogP contribution is -2.66. The summed E-state index contributed by atoms with van der Waals surface area (Å²) in [6.45, 7) is 3.96. The van der Waals surface area contributed by atoms with E-state index in [1.54, 1.807) is 26.0 Å². The second kappa shape index (κ2) is 8.90. The number of methoxy groups -OCH3 is 2. The van der Waals surface area contributed by atoms with Crippen LogP contribution in [0, 0.1) is 0 Å². The normalized spacial score (nSPS) is 20.1. The van der Waals surface area contributed by atoms with Crippen LogP contribution < -0.4 is 14.4 Å². The minimum absolute atomic E-state index is 0.0761. The van der Waals surface area contributed by atoms with E-state index in [1.807, 2.05) is 89.8 Å². The lowest BCUT2D eigenvalue weighted by Gasteiger charge is -2.55. The summed E-state index contributed by atoms with van der Waals surface area (Å²) in [6.07, 6.45) is 2.41. The molecule has 4 nitrogen and oxygen atoms in total. The van der Waals surface area contributed by atoms with Crippen LogP contribution in [-0.4, -0.2) is 24.9 Å². The van der Waals surface area contributed by atoms with Crippen molar-refractivity contribution in [2.75, 3.05) is 19.1 Å². The van der Waals surface area contributed by atoms with E-state index in [0.29, 0.717) is 6.42 Å². The molecular formula is C26H25NO3S. The largest absolute Gasteiger partial charge is 0.497 e. The summed E-state index contributed by atoms with van der Waals surface area (Å²) in [7, 11) is 3.29. The Morgan fingerprint density at radius 2 is 1.52 bits per heavy atom. The maximum Gasteiger partial charge on any atom is 0.247 e. The zero-order valence-electron chi connectivity index (χ0n) is 17.7. The second-order valence-electron chi connectivity index (χ2n) is 7.35. The number of nitrogens with zero attached hydrogens (tertiary/aromatic N) is 1. The molecule has 31 heavy (non-hydrogen) atoms. The summed E-state index contributed by atoms with van der Waals surface area (Å²) in [4.78, 5) is 16.7. The van der Waals surface area contributed by atoms with Crippen molar-refractivity contribution in [3.8, 4) is 11.5 Å². The van der Waals surface area contributed by atoms with Crippen LogP contribution in [0.5, 0.6) is 11.5 Å². The number of anilines is 1. The first-order valence-corrected chi connectivity index (χ1v) is 10.9. The SMILES string of the molecule is C=CC[C@@]1(Sc2ccccc2)C(=O)N(c2ccc(OC)cc2)[C@@H]1c1ccc(OC)cc1. The van der Waals surface area contributed by atoms with Gasteiger partial charge >= 0.3 is 0 Å². The lowest BCUT2D eigenvalue weighted by molar-refractivity contribution is -0.127. The zero-order chi connectivity index (χ0) is 21.8. The van der Waals surface area contributed by atoms with Gasteiger partial charge in [0, 0.05) is 10.6 Å². The van der Waals surface area contributed by atoms with Crippen molar-refractivity contribution in [3.05, 3.63) is 97.1 Å². The fraction of sp³-hybridized carbons (Fsp3) is 0.192. The molecule has 1 heterocycles. The fourth-order valence-electron chi connectivity index (χ4n) is 4.05. The molecule has 3 aromatic rings. The molecule has 0 spiro atoms. The van der Waals surface area contributed by atoms with Gasteiger partial charge in [0.05, 0.1) is 20.3 Å². The molecule has 1 amide bonds. The Morgan fingerprint density at radius 3 is 2.06 bits per heavy atom. The van der Waals surface area contributed by atoms with Gasteiger partial charge in [0.15, 0.2) is 0 Å². The number of thioether (sulfide) groups is 1. The van der Waals surface area contributed by atoms with Crippen LogP contribution in [0.2, 0.25) is 0 Å². The first kappa shape index (κ1) is 21.1. The Morgan fingerprint density at radius 1 is 0.935 bits per heavy atom. The third-order valence-corrected chi connectivity index (χ3v) is 6.99. The maximum absolute atomic E-state index is 13.7. The number of ether oxygens (including phenoxy) is 2. The molecule has 1 saturated heterocycles. The first-order chi connectivity index (χ1) is 15.1. The number of benzene rings is 3. The summed E-state index contributed by atoms with van der Waals surface area (Å²) in [5.74, 6) is 1.62. The van der Waals surface area contributed by atoms with Crippen LogP contribution in [0.25, 0.3) is 0 Å². The van der Waals surface area contributed by atoms with E-state index >= 15 is 0 Å². The molecule has 0 aromatic heterocycles. The van der Waals surface area contributed by atoms with Crippen molar-refractivity contribution < 1.29 is 14.3 Å². The first-order valence-electron chi connectivity index (χ1n) is 10.1. The molecule has 2 atom stereocenters. The molecule has 0 radical (unpaired) electrons. The highest BCUT2D eigenvalue weighted by molar-refractivity contribution is 8.01. The van der Waals surface area contributed by atoms with Crippen molar-refractivity contribution in [1.82, 2.24) is 0 Å². The summed E-state index contributed by atoms with van der Waals surface area (Å²) in [5.41, 5.74) is 1.90. The van der Waals surface area contributed by atoms with Gasteiger partial charge in [-0.3, -0.25) is 4.79 Å². The number of amides is 1. The van der Waals surface area contributed by atoms with Crippen molar-refractivity contribution >= 4 is 23.4 Å². The van der Waals surface area contributed by atoms with E-state index in [9.17, 15) is 4.79 Å². The van der Waals surface area contributed by atoms with Crippen molar-refractivity contribution in [1.29, 1.82) is 0 Å². The molecule has 0 saturated carbocycles. The highest BCUT2D eigenvalue weighted by atomic mass is 32.2. The molecule has 5 heteroatoms. The maximum atomic E-state index is 13.7. The van der Waals surface area contributed by atoms with Gasteiger partial charge in [-0.2, -0.15) is 0 Å². The Labute approximate surface area is 187 Å². The third-order valence-electron chi connectivity index (χ3n) is 5.55. The van der Waals surface area contributed by atoms with E-state index in [2.05, 4.69) is 6.58 Å². The van der Waals surface area contributed by atoms with E-state index in [4.69, 9.17) is 9.47 Å². The summed E-state index contributed by atoms with van der Waals surface area (Å²) < 4.78 is 9.96. The topological polar surface area (TPSA) is 38.8 Å². The third kappa shape index (κ3) is 3.81. The highest BCUT2D eigenvalue weighted by Crippen LogP contribution is 2.57. The minimum Gasteiger partial charge on any atom is -0.497 e. The van der Waals surface area contributed by atoms with Crippen LogP contribution in [0.4, 0.5) is 5.69 Å². The number of carbonyl (C=O) groups excluding carboxylic acids is 1. The Balaban J connectivity index is 1.79. The Bertz CT molecular complexity index is 1050. The predicted molar refractivity (Wildman–Crippen MR) is 126 cm³/mol. The Hall–Kier alpha value is -3.18. The number of rotatable bonds is 8. The lowest BCUT2D eigenvalue weighted by atomic mass is 9.78. The van der Waals surface area contributed by atoms with Crippen molar-refractivity contribution in [3.63, 3.8) is 0 Å². The Kier molecular flexibility index (Phi) is 6.05. The standard InChI is InChI=1S/C26H25NO3S/c1-4-18-26(31-23-8-6-5-7-9-23)24(19-10-14-21(29-2)15-11-19)27(25(26)28)20-12-16-22(30-3)17-13-20/h4-17,24H,1,18H2,2-3H3/t24-,26+/m1/s1. The quantitative estimate of drug-likeness (QED) is 0.329. The highest BCUT2D eigenvalue weighted by Gasteiger charge is 2.61. The van der Waals surface area contributed by atoms with Gasteiger partial charge in [-0.15, -0.1) is 18.3 Å². The van der Waals surface area contributed by atoms with Crippen LogP contribution in [0.3, 0.4) is 0 Å². The molecule has 1 aliphatic heterocycles. The molecule has 1 fully saturated rings. The molecular weight excluding hydrogens is 406 g/mol. The molecule has 4 rings (SSSR count). The van der Waals surface area contributed by atoms with Crippen LogP contribution in [-0.2, 0) is 4.79 Å². The van der Waals surface area contributed by atoms with Crippen LogP contribution >= 0.6 is 11.8 Å². The monoisotopic (exact) mass is 431 g/mol. The van der Waals surface area contributed by atoms with Crippen molar-refractivity contribution in [2.45, 2.75) is 22.1 Å². The smallest absolute Gasteiger partial charge is 0.247 e. The van der Waals surface area contributed by atoms with Gasteiger partial charge in [0.2, 0.25) is 5.91 Å². The zero-order valence-corrected chi connectivity index (χ0v) is 18.5. The number of hydrogen-bond acceptors (Lipinski definition) is 4. The predicted octanol–water partition coefficient (Wildman–Crippen LogP) is 5.90. The minimum atomic E-state index is -0.669. The average molecular weight is 432 g/mol. The molecule has 0 N–H and O–H groups in total. The molecule has 1 aliphatic rings. The van der Waals surface area contributed by atoms with Crippen LogP contribution in [0.15, 0.2) is 96.4 Å². The van der Waals surface area contributed by atoms with Crippen LogP contribution in [0.1, 0.15) is 18.0 Å². The summed E-state index contributed by atoms with van der Waals surface area (Å²) >= 11 is 1.61. The van der Waals surface area contributed by atoms with Gasteiger partial charge in [0.25, 0.3) is 0 Å². The number of hydrogen-bond donors (Lipinski definition) is 0. The number of β-lactam (4-membered cyclic amide) rings is 1. The van der Waals surface area contributed by atoms with E-state index in [0.717, 1.165) is 27.6 Å². The molecule has 158 valence electrons. The number of allylic oxidation sites excluding steroid dienone is 1. The molecule has 3 aromatic carbocycles. The fourth-order valence-corrected chi connectivity index (χ4v) is 5.50. The van der Waals surface area contributed by atoms with E-state index < -0.39 is 4.75 Å². The number of carbonyl (C=O) groups is 1. The van der Waals surface area contributed by atoms with E-state index in [-0.39, 0.29) is 11.9 Å². The molecule has 0 aliphatic carbocycles. The summed E-state index contributed by atoms with van der Waals surface area (Å²) in [6, 6.07) is 25.5. The van der Waals surface area contributed by atoms with Gasteiger partial charge in [-0.25, -0.2) is 0 Å². The van der Waals surface area contributed by atoms with Gasteiger partial charge in [0.1, 0.15) is 16.2 Å². The second-order valence-corrected chi connectivity index (χ2v) is 8.75. The summed E-state index contributed by atoms with van der Waals surface area (Å²) in [5, 5.41) is 0. The van der Waals surface area contributed by atoms with Gasteiger partial charge in [-0.05, 0) is 60.5 Å².